The van der Waals surface area contributed by atoms with E-state index < -0.39 is 0 Å². The predicted molar refractivity (Wildman–Crippen MR) is 157 cm³/mol. The quantitative estimate of drug-likeness (QED) is 0.447. The average Bonchev–Trinajstić information content (AvgIpc) is 3.22. The lowest BCUT2D eigenvalue weighted by Crippen LogP contribution is -2.54. The number of nitrogens with zero attached hydrogens (tertiary/aromatic N) is 5. The fourth-order valence-electron chi connectivity index (χ4n) is 6.10. The van der Waals surface area contributed by atoms with Crippen molar-refractivity contribution in [1.82, 2.24) is 14.4 Å². The van der Waals surface area contributed by atoms with Crippen LogP contribution < -0.4 is 9.80 Å². The number of aromatic nitrogens is 1. The van der Waals surface area contributed by atoms with Gasteiger partial charge < -0.3 is 19.3 Å². The predicted octanol–water partition coefficient (Wildman–Crippen LogP) is 4.96. The van der Waals surface area contributed by atoms with Crippen molar-refractivity contribution in [3.63, 3.8) is 0 Å². The van der Waals surface area contributed by atoms with Gasteiger partial charge in [0.05, 0.1) is 0 Å². The summed E-state index contributed by atoms with van der Waals surface area (Å²) in [4.78, 5) is 23.2. The molecular formula is C32H43N5O. The van der Waals surface area contributed by atoms with Crippen LogP contribution in [-0.4, -0.2) is 72.1 Å². The Morgan fingerprint density at radius 3 is 2.26 bits per heavy atom. The van der Waals surface area contributed by atoms with Gasteiger partial charge in [-0.3, -0.25) is 9.69 Å². The van der Waals surface area contributed by atoms with Gasteiger partial charge in [-0.15, -0.1) is 0 Å². The maximum Gasteiger partial charge on any atom is 0.270 e. The SMILES string of the molecule is CCCc1ccccc1N1CCN(Cc2cc(C(=O)N3CCN(c4ccccc4)CC3C)n(C)c2C)CC1. The molecule has 1 atom stereocenters. The summed E-state index contributed by atoms with van der Waals surface area (Å²) in [6, 6.07) is 21.7. The van der Waals surface area contributed by atoms with Gasteiger partial charge in [-0.05, 0) is 55.7 Å². The molecule has 2 fully saturated rings. The van der Waals surface area contributed by atoms with Gasteiger partial charge in [0.25, 0.3) is 5.91 Å². The number of anilines is 2. The summed E-state index contributed by atoms with van der Waals surface area (Å²) >= 11 is 0. The average molecular weight is 514 g/mol. The van der Waals surface area contributed by atoms with Gasteiger partial charge in [0.2, 0.25) is 0 Å². The van der Waals surface area contributed by atoms with Crippen LogP contribution in [0.3, 0.4) is 0 Å². The second-order valence-electron chi connectivity index (χ2n) is 11.0. The van der Waals surface area contributed by atoms with Crippen molar-refractivity contribution in [3.05, 3.63) is 83.2 Å². The van der Waals surface area contributed by atoms with Crippen molar-refractivity contribution < 1.29 is 4.79 Å². The van der Waals surface area contributed by atoms with Gasteiger partial charge in [0.1, 0.15) is 5.69 Å². The lowest BCUT2D eigenvalue weighted by Gasteiger charge is -2.41. The molecule has 3 aromatic rings. The minimum Gasteiger partial charge on any atom is -0.369 e. The molecule has 2 aromatic carbocycles. The van der Waals surface area contributed by atoms with Crippen molar-refractivity contribution in [3.8, 4) is 0 Å². The van der Waals surface area contributed by atoms with Gasteiger partial charge in [-0.1, -0.05) is 49.7 Å². The summed E-state index contributed by atoms with van der Waals surface area (Å²) in [6.45, 7) is 14.1. The largest absolute Gasteiger partial charge is 0.369 e. The van der Waals surface area contributed by atoms with E-state index in [4.69, 9.17) is 0 Å². The van der Waals surface area contributed by atoms with Crippen LogP contribution in [0.2, 0.25) is 0 Å². The second-order valence-corrected chi connectivity index (χ2v) is 11.0. The highest BCUT2D eigenvalue weighted by Crippen LogP contribution is 2.26. The van der Waals surface area contributed by atoms with Crippen LogP contribution in [0, 0.1) is 6.92 Å². The molecule has 202 valence electrons. The summed E-state index contributed by atoms with van der Waals surface area (Å²) in [6.07, 6.45) is 2.31. The van der Waals surface area contributed by atoms with Crippen molar-refractivity contribution in [2.45, 2.75) is 46.2 Å². The number of benzene rings is 2. The number of aryl methyl sites for hydroxylation is 1. The van der Waals surface area contributed by atoms with E-state index in [1.807, 2.05) is 7.05 Å². The van der Waals surface area contributed by atoms with E-state index in [-0.39, 0.29) is 11.9 Å². The number of rotatable bonds is 7. The van der Waals surface area contributed by atoms with Crippen molar-refractivity contribution in [2.75, 3.05) is 55.6 Å². The van der Waals surface area contributed by atoms with Crippen LogP contribution >= 0.6 is 0 Å². The monoisotopic (exact) mass is 513 g/mol. The first-order valence-electron chi connectivity index (χ1n) is 14.3. The molecule has 1 aromatic heterocycles. The zero-order valence-corrected chi connectivity index (χ0v) is 23.6. The molecule has 0 saturated carbocycles. The van der Waals surface area contributed by atoms with E-state index in [0.29, 0.717) is 0 Å². The molecule has 0 spiro atoms. The smallest absolute Gasteiger partial charge is 0.270 e. The Hall–Kier alpha value is -3.25. The molecular weight excluding hydrogens is 470 g/mol. The molecule has 0 radical (unpaired) electrons. The third-order valence-electron chi connectivity index (χ3n) is 8.49. The number of para-hydroxylation sites is 2. The minimum atomic E-state index is 0.152. The third-order valence-corrected chi connectivity index (χ3v) is 8.49. The van der Waals surface area contributed by atoms with E-state index in [2.05, 4.69) is 106 Å². The lowest BCUT2D eigenvalue weighted by atomic mass is 10.1. The van der Waals surface area contributed by atoms with Gasteiger partial charge in [-0.2, -0.15) is 0 Å². The number of hydrogen-bond donors (Lipinski definition) is 0. The summed E-state index contributed by atoms with van der Waals surface area (Å²) in [5, 5.41) is 0. The third kappa shape index (κ3) is 5.46. The first kappa shape index (κ1) is 26.4. The summed E-state index contributed by atoms with van der Waals surface area (Å²) in [5.41, 5.74) is 7.37. The van der Waals surface area contributed by atoms with Crippen molar-refractivity contribution >= 4 is 17.3 Å². The molecule has 5 rings (SSSR count). The molecule has 1 amide bonds. The Bertz CT molecular complexity index is 1230. The normalized spacial score (nSPS) is 18.7. The maximum atomic E-state index is 13.7. The summed E-state index contributed by atoms with van der Waals surface area (Å²) in [5.74, 6) is 0.152. The van der Waals surface area contributed by atoms with Gasteiger partial charge in [-0.25, -0.2) is 0 Å². The highest BCUT2D eigenvalue weighted by molar-refractivity contribution is 5.93. The van der Waals surface area contributed by atoms with Gasteiger partial charge >= 0.3 is 0 Å². The standard InChI is InChI=1S/C32H43N5O/c1-5-11-27-12-9-10-15-30(27)35-18-16-34(17-19-35)24-28-22-31(33(4)26(28)3)32(38)37-21-20-36(23-25(37)2)29-13-7-6-8-14-29/h6-10,12-15,22,25H,5,11,16-21,23-24H2,1-4H3. The zero-order chi connectivity index (χ0) is 26.6. The molecule has 2 aliphatic heterocycles. The van der Waals surface area contributed by atoms with E-state index in [9.17, 15) is 4.79 Å². The Kier molecular flexibility index (Phi) is 8.08. The first-order chi connectivity index (χ1) is 18.5. The maximum absolute atomic E-state index is 13.7. The molecule has 6 nitrogen and oxygen atoms in total. The topological polar surface area (TPSA) is 35.0 Å². The van der Waals surface area contributed by atoms with Crippen LogP contribution in [-0.2, 0) is 20.0 Å². The van der Waals surface area contributed by atoms with Gasteiger partial charge in [0.15, 0.2) is 0 Å². The molecule has 2 aliphatic rings. The number of hydrogen-bond acceptors (Lipinski definition) is 4. The molecule has 6 heteroatoms. The molecule has 3 heterocycles. The van der Waals surface area contributed by atoms with Crippen LogP contribution in [0.25, 0.3) is 0 Å². The molecule has 1 unspecified atom stereocenters. The van der Waals surface area contributed by atoms with Gasteiger partial charge in [0, 0.05) is 82.5 Å². The number of amides is 1. The summed E-state index contributed by atoms with van der Waals surface area (Å²) < 4.78 is 2.10. The highest BCUT2D eigenvalue weighted by Gasteiger charge is 2.30. The minimum absolute atomic E-state index is 0.152. The Morgan fingerprint density at radius 2 is 1.55 bits per heavy atom. The number of piperazine rings is 2. The molecule has 2 saturated heterocycles. The summed E-state index contributed by atoms with van der Waals surface area (Å²) in [7, 11) is 2.04. The van der Waals surface area contributed by atoms with E-state index in [1.54, 1.807) is 0 Å². The molecule has 0 N–H and O–H groups in total. The Morgan fingerprint density at radius 1 is 0.868 bits per heavy atom. The van der Waals surface area contributed by atoms with E-state index in [1.165, 1.54) is 34.6 Å². The molecule has 38 heavy (non-hydrogen) atoms. The Balaban J connectivity index is 1.21. The first-order valence-corrected chi connectivity index (χ1v) is 14.3. The van der Waals surface area contributed by atoms with Crippen LogP contribution in [0.4, 0.5) is 11.4 Å². The van der Waals surface area contributed by atoms with E-state index in [0.717, 1.165) is 64.5 Å². The fourth-order valence-corrected chi connectivity index (χ4v) is 6.10. The van der Waals surface area contributed by atoms with E-state index >= 15 is 0 Å². The van der Waals surface area contributed by atoms with Crippen LogP contribution in [0.1, 0.15) is 47.6 Å². The van der Waals surface area contributed by atoms with Crippen molar-refractivity contribution in [2.24, 2.45) is 7.05 Å². The molecule has 0 bridgehead atoms. The van der Waals surface area contributed by atoms with Crippen LogP contribution in [0.15, 0.2) is 60.7 Å². The number of carbonyl (C=O) groups excluding carboxylic acids is 1. The van der Waals surface area contributed by atoms with Crippen molar-refractivity contribution in [1.29, 1.82) is 0 Å². The fraction of sp³-hybridized carbons (Fsp3) is 0.469. The lowest BCUT2D eigenvalue weighted by molar-refractivity contribution is 0.0664. The molecule has 0 aliphatic carbocycles. The number of carbonyl (C=O) groups is 1. The Labute approximate surface area is 228 Å². The second kappa shape index (κ2) is 11.6. The highest BCUT2D eigenvalue weighted by atomic mass is 16.2. The zero-order valence-electron chi connectivity index (χ0n) is 23.6. The van der Waals surface area contributed by atoms with Crippen LogP contribution in [0.5, 0.6) is 0 Å².